The zero-order chi connectivity index (χ0) is 8.49. The SMILES string of the molecule is C1=CCCC=C1.C1=CCCC=C1.[CH3-].[Ir]. The molecular formula is C13H19Ir-. The van der Waals surface area contributed by atoms with Crippen molar-refractivity contribution in [3.05, 3.63) is 56.0 Å². The Morgan fingerprint density at radius 3 is 0.786 bits per heavy atom. The summed E-state index contributed by atoms with van der Waals surface area (Å²) in [6, 6.07) is 0. The van der Waals surface area contributed by atoms with Crippen LogP contribution in [0.3, 0.4) is 0 Å². The maximum atomic E-state index is 2.18. The molecule has 0 heterocycles. The van der Waals surface area contributed by atoms with Crippen LogP contribution < -0.4 is 0 Å². The number of rotatable bonds is 0. The quantitative estimate of drug-likeness (QED) is 0.562. The molecule has 0 fully saturated rings. The third-order valence-electron chi connectivity index (χ3n) is 1.77. The Kier molecular flexibility index (Phi) is 14.5. The first-order chi connectivity index (χ1) is 6.00. The Hall–Kier alpha value is -0.391. The molecule has 0 spiro atoms. The van der Waals surface area contributed by atoms with Gasteiger partial charge in [-0.25, -0.2) is 0 Å². The minimum atomic E-state index is 0. The van der Waals surface area contributed by atoms with Gasteiger partial charge in [0.15, 0.2) is 0 Å². The second-order valence-electron chi connectivity index (χ2n) is 2.87. The molecule has 81 valence electrons. The van der Waals surface area contributed by atoms with E-state index in [0.717, 1.165) is 0 Å². The van der Waals surface area contributed by atoms with Crippen molar-refractivity contribution < 1.29 is 20.1 Å². The first-order valence-electron chi connectivity index (χ1n) is 4.63. The van der Waals surface area contributed by atoms with Gasteiger partial charge in [0.2, 0.25) is 0 Å². The fourth-order valence-electron chi connectivity index (χ4n) is 1.08. The number of allylic oxidation sites excluding steroid dienone is 8. The molecule has 0 bridgehead atoms. The Balaban J connectivity index is 0. The first-order valence-corrected chi connectivity index (χ1v) is 4.63. The van der Waals surface area contributed by atoms with Gasteiger partial charge in [0.25, 0.3) is 0 Å². The molecule has 1 heteroatoms. The molecular weight excluding hydrogens is 348 g/mol. The van der Waals surface area contributed by atoms with Crippen LogP contribution in [0.25, 0.3) is 0 Å². The van der Waals surface area contributed by atoms with Crippen LogP contribution in [0.2, 0.25) is 0 Å². The van der Waals surface area contributed by atoms with Crippen LogP contribution in [0.4, 0.5) is 0 Å². The predicted molar refractivity (Wildman–Crippen MR) is 61.4 cm³/mol. The van der Waals surface area contributed by atoms with Crippen LogP contribution >= 0.6 is 0 Å². The summed E-state index contributed by atoms with van der Waals surface area (Å²) in [4.78, 5) is 0. The van der Waals surface area contributed by atoms with Gasteiger partial charge in [-0.15, -0.1) is 0 Å². The van der Waals surface area contributed by atoms with E-state index in [1.807, 2.05) is 0 Å². The van der Waals surface area contributed by atoms with Gasteiger partial charge in [-0.3, -0.25) is 0 Å². The van der Waals surface area contributed by atoms with Gasteiger partial charge in [-0.1, -0.05) is 48.6 Å². The average Bonchev–Trinajstić information content (AvgIpc) is 2.24. The normalized spacial score (nSPS) is 16.0. The third-order valence-corrected chi connectivity index (χ3v) is 1.77. The smallest absolute Gasteiger partial charge is 0 e. The van der Waals surface area contributed by atoms with E-state index in [2.05, 4.69) is 48.6 Å². The molecule has 0 aromatic heterocycles. The molecule has 0 saturated carbocycles. The van der Waals surface area contributed by atoms with Crippen molar-refractivity contribution in [3.8, 4) is 0 Å². The van der Waals surface area contributed by atoms with Crippen LogP contribution in [-0.4, -0.2) is 0 Å². The van der Waals surface area contributed by atoms with Crippen LogP contribution in [0, 0.1) is 7.43 Å². The molecule has 0 nitrogen and oxygen atoms in total. The Morgan fingerprint density at radius 2 is 0.714 bits per heavy atom. The van der Waals surface area contributed by atoms with Crippen molar-refractivity contribution in [3.63, 3.8) is 0 Å². The zero-order valence-corrected chi connectivity index (χ0v) is 11.2. The fraction of sp³-hybridized carbons (Fsp3) is 0.308. The van der Waals surface area contributed by atoms with Gasteiger partial charge in [0.1, 0.15) is 0 Å². The summed E-state index contributed by atoms with van der Waals surface area (Å²) in [7, 11) is 0. The van der Waals surface area contributed by atoms with Gasteiger partial charge in [-0.2, -0.15) is 0 Å². The summed E-state index contributed by atoms with van der Waals surface area (Å²) in [5.41, 5.74) is 0. The summed E-state index contributed by atoms with van der Waals surface area (Å²) in [5, 5.41) is 0. The largest absolute Gasteiger partial charge is 0.358 e. The number of hydrogen-bond donors (Lipinski definition) is 0. The van der Waals surface area contributed by atoms with Gasteiger partial charge in [0, 0.05) is 20.1 Å². The van der Waals surface area contributed by atoms with Gasteiger partial charge in [-0.05, 0) is 25.7 Å². The van der Waals surface area contributed by atoms with Crippen LogP contribution in [0.1, 0.15) is 25.7 Å². The van der Waals surface area contributed by atoms with Crippen molar-refractivity contribution in [2.24, 2.45) is 0 Å². The summed E-state index contributed by atoms with van der Waals surface area (Å²) >= 11 is 0. The van der Waals surface area contributed by atoms with Crippen LogP contribution in [0.15, 0.2) is 48.6 Å². The van der Waals surface area contributed by atoms with E-state index in [9.17, 15) is 0 Å². The van der Waals surface area contributed by atoms with E-state index in [1.165, 1.54) is 25.7 Å². The average molecular weight is 368 g/mol. The molecule has 0 N–H and O–H groups in total. The molecule has 0 atom stereocenters. The summed E-state index contributed by atoms with van der Waals surface area (Å²) < 4.78 is 0. The second-order valence-corrected chi connectivity index (χ2v) is 2.87. The van der Waals surface area contributed by atoms with Crippen molar-refractivity contribution >= 4 is 0 Å². The minimum absolute atomic E-state index is 0. The Bertz CT molecular complexity index is 161. The van der Waals surface area contributed by atoms with Crippen LogP contribution in [0.5, 0.6) is 0 Å². The standard InChI is InChI=1S/2C6H8.CH3.Ir/c2*1-2-4-6-5-3-1;;/h2*1-4H,5-6H2;1H3;/q;;-1;. The maximum absolute atomic E-state index is 2.18. The van der Waals surface area contributed by atoms with Gasteiger partial charge >= 0.3 is 0 Å². The Labute approximate surface area is 102 Å². The van der Waals surface area contributed by atoms with E-state index >= 15 is 0 Å². The molecule has 14 heavy (non-hydrogen) atoms. The van der Waals surface area contributed by atoms with Crippen molar-refractivity contribution in [2.45, 2.75) is 25.7 Å². The monoisotopic (exact) mass is 368 g/mol. The van der Waals surface area contributed by atoms with Crippen molar-refractivity contribution in [1.29, 1.82) is 0 Å². The van der Waals surface area contributed by atoms with E-state index in [4.69, 9.17) is 0 Å². The molecule has 2 aliphatic carbocycles. The summed E-state index contributed by atoms with van der Waals surface area (Å²) in [6.45, 7) is 0. The molecule has 1 radical (unpaired) electrons. The molecule has 0 aromatic carbocycles. The topological polar surface area (TPSA) is 0 Å². The third kappa shape index (κ3) is 9.70. The maximum Gasteiger partial charge on any atom is 0 e. The van der Waals surface area contributed by atoms with Crippen molar-refractivity contribution in [1.82, 2.24) is 0 Å². The Morgan fingerprint density at radius 1 is 0.500 bits per heavy atom. The minimum Gasteiger partial charge on any atom is -0.358 e. The van der Waals surface area contributed by atoms with Crippen molar-refractivity contribution in [2.75, 3.05) is 0 Å². The zero-order valence-electron chi connectivity index (χ0n) is 8.78. The molecule has 0 unspecified atom stereocenters. The van der Waals surface area contributed by atoms with Gasteiger partial charge in [0.05, 0.1) is 0 Å². The first kappa shape index (κ1) is 16.1. The van der Waals surface area contributed by atoms with E-state index in [0.29, 0.717) is 0 Å². The molecule has 0 amide bonds. The predicted octanol–water partition coefficient (Wildman–Crippen LogP) is 4.23. The fourth-order valence-corrected chi connectivity index (χ4v) is 1.08. The molecule has 0 aromatic rings. The molecule has 0 aliphatic heterocycles. The molecule has 2 aliphatic rings. The van der Waals surface area contributed by atoms with E-state index in [1.54, 1.807) is 0 Å². The molecule has 0 saturated heterocycles. The van der Waals surface area contributed by atoms with Gasteiger partial charge < -0.3 is 7.43 Å². The summed E-state index contributed by atoms with van der Waals surface area (Å²) in [5.74, 6) is 0. The summed E-state index contributed by atoms with van der Waals surface area (Å²) in [6.07, 6.45) is 22.0. The van der Waals surface area contributed by atoms with E-state index in [-0.39, 0.29) is 27.5 Å². The number of hydrogen-bond acceptors (Lipinski definition) is 0. The van der Waals surface area contributed by atoms with E-state index < -0.39 is 0 Å². The van der Waals surface area contributed by atoms with Crippen LogP contribution in [-0.2, 0) is 20.1 Å². The second kappa shape index (κ2) is 12.6. The molecule has 2 rings (SSSR count).